The fraction of sp³-hybridized carbons (Fsp3) is 0.0435. The van der Waals surface area contributed by atoms with Crippen LogP contribution >= 0.6 is 22.6 Å². The lowest BCUT2D eigenvalue weighted by Gasteiger charge is -2.07. The van der Waals surface area contributed by atoms with Gasteiger partial charge in [-0.15, -0.1) is 0 Å². The summed E-state index contributed by atoms with van der Waals surface area (Å²) in [5.41, 5.74) is 20.4. The van der Waals surface area contributed by atoms with E-state index < -0.39 is 11.8 Å². The zero-order valence-electron chi connectivity index (χ0n) is 67.0. The summed E-state index contributed by atoms with van der Waals surface area (Å²) in [5, 5.41) is 148. The summed E-state index contributed by atoms with van der Waals surface area (Å²) in [7, 11) is 2.93. The van der Waals surface area contributed by atoms with Crippen molar-refractivity contribution in [2.45, 2.75) is 13.8 Å². The number of rotatable bonds is 20. The average molecular weight is 1820 g/mol. The molecule has 0 saturated heterocycles. The van der Waals surface area contributed by atoms with Gasteiger partial charge in [0.2, 0.25) is 0 Å². The van der Waals surface area contributed by atoms with Crippen molar-refractivity contribution in [3.8, 4) is 86.2 Å². The van der Waals surface area contributed by atoms with Crippen molar-refractivity contribution < 1.29 is 105 Å². The Morgan fingerprint density at radius 2 is 0.595 bits per heavy atom. The van der Waals surface area contributed by atoms with Gasteiger partial charge in [-0.1, -0.05) is 115 Å². The number of nitrogens with one attached hydrogen (secondary N) is 6. The number of phenols is 13. The molecule has 0 aliphatic carbocycles. The number of aryl methyl sites for hydroxylation is 2. The third-order valence-electron chi connectivity index (χ3n) is 17.0. The molecule has 13 aromatic rings. The van der Waals surface area contributed by atoms with E-state index in [9.17, 15) is 90.0 Å². The summed E-state index contributed by atoms with van der Waals surface area (Å²) in [5.74, 6) is -4.47. The lowest BCUT2D eigenvalue weighted by molar-refractivity contribution is 0.0946. The molecule has 0 unspecified atom stereocenters. The van der Waals surface area contributed by atoms with Crippen molar-refractivity contribution in [1.82, 2.24) is 32.6 Å². The van der Waals surface area contributed by atoms with Crippen LogP contribution in [0, 0.1) is 17.4 Å². The zero-order valence-corrected chi connectivity index (χ0v) is 69.2. The summed E-state index contributed by atoms with van der Waals surface area (Å²) >= 11 is 2.08. The number of ether oxygens (including phenoxy) is 2. The molecule has 34 heteroatoms. The van der Waals surface area contributed by atoms with Gasteiger partial charge in [0.15, 0.2) is 69.0 Å². The van der Waals surface area contributed by atoms with Crippen LogP contribution in [-0.4, -0.2) is 153 Å². The normalized spacial score (nSPS) is 10.7. The van der Waals surface area contributed by atoms with E-state index in [1.165, 1.54) is 118 Å². The standard InChI is InChI=1S/C19H16N2O3.C15H13IN2O3.2C15H14N2O3.C14H12N2O5.C14H12N2O4/c1-12-9-13-5-2-3-6-14(13)10-16(12)19(24)21-20-11-15-7-4-8-17(22)18(15)23;1-21-13-8-4-5-10(14(13)19)9-17-18-15(20)11-6-2-3-7-12(11)16;1-10-4-2-5-11(8-10)15(20)17-16-9-12-6-3-7-13(18)14(12)19;1-20-13-9-5-8-12(14(13)18)10-16-17-15(19)11-6-3-2-4-7-11;17-10-4-9(5-11(18)6-10)14(21)16-15-7-8-2-1-3-12(19)13(8)20;17-11-6-4-9(5-7-11)14(20)16-15-8-10-2-1-3-12(18)13(10)19/h2-11,22-23H,1H3,(H,21,24);2-9,19H,1H3,(H,18,20);2-9,18-19H,1H3,(H,17,20);2-10,18H,1H3,(H,17,19);1-7,17-20H,(H,16,21);1-8,17-19H,(H,16,20)/b20-11+;17-9+;16-9+;16-10+;15-7+;15-8+. The number of carbonyl (C=O) groups excluding carboxylic acids is 6. The molecule has 0 aliphatic rings. The molecule has 0 spiro atoms. The number of amides is 6. The maximum atomic E-state index is 12.3. The highest BCUT2D eigenvalue weighted by atomic mass is 127. The smallest absolute Gasteiger partial charge is 0.272 e. The first-order valence-corrected chi connectivity index (χ1v) is 38.1. The zero-order chi connectivity index (χ0) is 91.2. The van der Waals surface area contributed by atoms with Gasteiger partial charge in [-0.25, -0.2) is 32.6 Å². The Balaban J connectivity index is 0.000000187. The number of nitrogens with zero attached hydrogens (tertiary/aromatic N) is 6. The predicted molar refractivity (Wildman–Crippen MR) is 482 cm³/mol. The summed E-state index contributed by atoms with van der Waals surface area (Å²) in [6.07, 6.45) is 7.64. The molecule has 642 valence electrons. The van der Waals surface area contributed by atoms with E-state index in [1.54, 1.807) is 115 Å². The van der Waals surface area contributed by atoms with E-state index in [0.29, 0.717) is 61.6 Å². The molecule has 33 nitrogen and oxygen atoms in total. The van der Waals surface area contributed by atoms with Gasteiger partial charge in [0.25, 0.3) is 35.4 Å². The molecular weight excluding hydrogens is 1740 g/mol. The number of fused-ring (bicyclic) bond motifs is 1. The van der Waals surface area contributed by atoms with E-state index in [1.807, 2.05) is 74.5 Å². The van der Waals surface area contributed by atoms with E-state index in [0.717, 1.165) is 49.9 Å². The van der Waals surface area contributed by atoms with Crippen molar-refractivity contribution in [2.24, 2.45) is 30.6 Å². The van der Waals surface area contributed by atoms with E-state index >= 15 is 0 Å². The molecule has 0 atom stereocenters. The minimum absolute atomic E-state index is 0.0183. The fourth-order valence-electron chi connectivity index (χ4n) is 10.5. The lowest BCUT2D eigenvalue weighted by Crippen LogP contribution is -2.18. The molecule has 0 fully saturated rings. The molecule has 13 aromatic carbocycles. The Hall–Kier alpha value is -17.3. The molecule has 0 radical (unpaired) electrons. The first kappa shape index (κ1) is 94.2. The first-order chi connectivity index (χ1) is 60.5. The number of methoxy groups -OCH3 is 2. The van der Waals surface area contributed by atoms with Gasteiger partial charge < -0.3 is 75.9 Å². The second-order valence-electron chi connectivity index (χ2n) is 25.9. The van der Waals surface area contributed by atoms with Gasteiger partial charge in [-0.2, -0.15) is 30.6 Å². The van der Waals surface area contributed by atoms with Crippen LogP contribution in [0.5, 0.6) is 86.2 Å². The van der Waals surface area contributed by atoms with Gasteiger partial charge in [0, 0.05) is 70.8 Å². The van der Waals surface area contributed by atoms with Gasteiger partial charge >= 0.3 is 0 Å². The SMILES string of the molecule is COc1cccc(/C=N/NC(=O)c2ccccc2)c1O.COc1cccc(/C=N/NC(=O)c2ccccc2I)c1O.Cc1cc2ccccc2cc1C(=O)N/N=C/c1cccc(O)c1O.Cc1cccc(C(=O)N/N=C/c2cccc(O)c2O)c1.O=C(N/N=C/c1cccc(O)c1O)c1cc(O)cc(O)c1.O=C(N/N=C/c1cccc(O)c1O)c1ccc(O)cc1. The van der Waals surface area contributed by atoms with Gasteiger partial charge in [-0.05, 0) is 204 Å². The minimum atomic E-state index is -0.655. The number of carbonyl (C=O) groups is 6. The molecule has 0 heterocycles. The third kappa shape index (κ3) is 28.4. The minimum Gasteiger partial charge on any atom is -0.508 e. The number of phenolic OH excluding ortho intramolecular Hbond substituents is 13. The molecule has 13 rings (SSSR count). The number of aromatic hydroxyl groups is 13. The van der Waals surface area contributed by atoms with Crippen LogP contribution in [0.1, 0.15) is 107 Å². The van der Waals surface area contributed by atoms with E-state index in [-0.39, 0.29) is 115 Å². The molecule has 0 bridgehead atoms. The van der Waals surface area contributed by atoms with Crippen LogP contribution in [0.25, 0.3) is 10.8 Å². The third-order valence-corrected chi connectivity index (χ3v) is 17.9. The highest BCUT2D eigenvalue weighted by Crippen LogP contribution is 2.33. The Morgan fingerprint density at radius 1 is 0.278 bits per heavy atom. The van der Waals surface area contributed by atoms with Crippen molar-refractivity contribution >= 4 is 106 Å². The molecular formula is C92H81IN12O21. The number of benzene rings is 13. The first-order valence-electron chi connectivity index (χ1n) is 37.0. The highest BCUT2D eigenvalue weighted by Gasteiger charge is 2.16. The van der Waals surface area contributed by atoms with E-state index in [2.05, 4.69) is 85.8 Å². The Morgan fingerprint density at radius 3 is 0.992 bits per heavy atom. The number of hydrogen-bond donors (Lipinski definition) is 19. The number of para-hydroxylation sites is 6. The maximum Gasteiger partial charge on any atom is 0.272 e. The van der Waals surface area contributed by atoms with Crippen LogP contribution in [-0.2, 0) is 0 Å². The quantitative estimate of drug-likeness (QED) is 0.0146. The van der Waals surface area contributed by atoms with Gasteiger partial charge in [0.05, 0.1) is 57.1 Å². The Kier molecular flexibility index (Phi) is 35.5. The lowest BCUT2D eigenvalue weighted by atomic mass is 10.0. The highest BCUT2D eigenvalue weighted by molar-refractivity contribution is 14.1. The molecule has 6 amide bonds. The molecule has 0 aromatic heterocycles. The molecule has 126 heavy (non-hydrogen) atoms. The second-order valence-corrected chi connectivity index (χ2v) is 27.0. The van der Waals surface area contributed by atoms with Gasteiger partial charge in [-0.3, -0.25) is 28.8 Å². The monoisotopic (exact) mass is 1820 g/mol. The average Bonchev–Trinajstić information content (AvgIpc) is 0.810. The van der Waals surface area contributed by atoms with Gasteiger partial charge in [0.1, 0.15) is 17.2 Å². The Bertz CT molecular complexity index is 6190. The summed E-state index contributed by atoms with van der Waals surface area (Å²) in [6.45, 7) is 3.76. The maximum absolute atomic E-state index is 12.3. The second kappa shape index (κ2) is 47.5. The Labute approximate surface area is 732 Å². The van der Waals surface area contributed by atoms with Crippen molar-refractivity contribution in [2.75, 3.05) is 14.2 Å². The molecule has 0 aliphatic heterocycles. The topological polar surface area (TPSA) is 530 Å². The molecule has 0 saturated carbocycles. The van der Waals surface area contributed by atoms with Crippen LogP contribution in [0.3, 0.4) is 0 Å². The van der Waals surface area contributed by atoms with Crippen LogP contribution in [0.15, 0.2) is 298 Å². The molecule has 19 N–H and O–H groups in total. The summed E-state index contributed by atoms with van der Waals surface area (Å²) in [4.78, 5) is 71.2. The summed E-state index contributed by atoms with van der Waals surface area (Å²) < 4.78 is 10.8. The van der Waals surface area contributed by atoms with E-state index in [4.69, 9.17) is 14.6 Å². The van der Waals surface area contributed by atoms with Crippen molar-refractivity contribution in [1.29, 1.82) is 0 Å². The largest absolute Gasteiger partial charge is 0.508 e. The van der Waals surface area contributed by atoms with Crippen LogP contribution in [0.2, 0.25) is 0 Å². The van der Waals surface area contributed by atoms with Crippen molar-refractivity contribution in [3.63, 3.8) is 0 Å². The number of hydrogen-bond acceptors (Lipinski definition) is 27. The van der Waals surface area contributed by atoms with Crippen molar-refractivity contribution in [3.05, 3.63) is 348 Å². The summed E-state index contributed by atoms with van der Waals surface area (Å²) in [6, 6.07) is 71.5. The number of halogens is 1. The predicted octanol–water partition coefficient (Wildman–Crippen LogP) is 13.3. The fourth-order valence-corrected chi connectivity index (χ4v) is 11.2. The van der Waals surface area contributed by atoms with Crippen LogP contribution < -0.4 is 42.0 Å². The number of hydrazone groups is 6. The van der Waals surface area contributed by atoms with Crippen LogP contribution in [0.4, 0.5) is 0 Å².